The number of thiazole rings is 1. The molecule has 0 bridgehead atoms. The normalized spacial score (nSPS) is 17.4. The van der Waals surface area contributed by atoms with Gasteiger partial charge < -0.3 is 15.0 Å². The Morgan fingerprint density at radius 3 is 2.91 bits per heavy atom. The van der Waals surface area contributed by atoms with E-state index in [-0.39, 0.29) is 11.8 Å². The van der Waals surface area contributed by atoms with Crippen LogP contribution in [0.5, 0.6) is 5.75 Å². The van der Waals surface area contributed by atoms with Gasteiger partial charge in [-0.3, -0.25) is 9.59 Å². The predicted octanol–water partition coefficient (Wildman–Crippen LogP) is 2.31. The highest BCUT2D eigenvalue weighted by Crippen LogP contribution is 2.24. The van der Waals surface area contributed by atoms with Gasteiger partial charge in [0, 0.05) is 31.1 Å². The molecule has 0 radical (unpaired) electrons. The standard InChI is InChI=1S/C16H17N3O3S/c1-10-7-11(22-14-5-6-19(2)16(14)21)3-4-12(10)18-15(20)13-8-23-9-17-13/h3-4,7-9,14H,5-6H2,1-2H3,(H,18,20)/t14-/m0/s1. The Balaban J connectivity index is 1.68. The Bertz CT molecular complexity index is 730. The van der Waals surface area contributed by atoms with E-state index in [1.54, 1.807) is 35.0 Å². The van der Waals surface area contributed by atoms with Gasteiger partial charge in [-0.2, -0.15) is 0 Å². The Morgan fingerprint density at radius 1 is 1.48 bits per heavy atom. The Hall–Kier alpha value is -2.41. The van der Waals surface area contributed by atoms with E-state index in [0.717, 1.165) is 5.56 Å². The maximum Gasteiger partial charge on any atom is 0.275 e. The first kappa shape index (κ1) is 15.5. The summed E-state index contributed by atoms with van der Waals surface area (Å²) in [5.74, 6) is 0.391. The molecular formula is C16H17N3O3S. The van der Waals surface area contributed by atoms with Crippen molar-refractivity contribution in [1.82, 2.24) is 9.88 Å². The summed E-state index contributed by atoms with van der Waals surface area (Å²) < 4.78 is 5.76. The monoisotopic (exact) mass is 331 g/mol. The molecule has 2 heterocycles. The minimum absolute atomic E-state index is 0.00330. The SMILES string of the molecule is Cc1cc(O[C@H]2CCN(C)C2=O)ccc1NC(=O)c1cscn1. The van der Waals surface area contributed by atoms with Gasteiger partial charge in [-0.15, -0.1) is 11.3 Å². The van der Waals surface area contributed by atoms with Gasteiger partial charge in [0.1, 0.15) is 11.4 Å². The number of anilines is 1. The molecule has 1 saturated heterocycles. The molecule has 1 atom stereocenters. The molecule has 6 nitrogen and oxygen atoms in total. The Morgan fingerprint density at radius 2 is 2.30 bits per heavy atom. The van der Waals surface area contributed by atoms with Crippen molar-refractivity contribution in [3.63, 3.8) is 0 Å². The van der Waals surface area contributed by atoms with Crippen LogP contribution >= 0.6 is 11.3 Å². The van der Waals surface area contributed by atoms with Crippen LogP contribution in [0.1, 0.15) is 22.5 Å². The highest BCUT2D eigenvalue weighted by Gasteiger charge is 2.30. The van der Waals surface area contributed by atoms with Crippen LogP contribution in [0.15, 0.2) is 29.1 Å². The molecule has 2 amide bonds. The third kappa shape index (κ3) is 3.34. The van der Waals surface area contributed by atoms with Crippen molar-refractivity contribution in [3.8, 4) is 5.75 Å². The first-order valence-electron chi connectivity index (χ1n) is 7.26. The number of hydrogen-bond acceptors (Lipinski definition) is 5. The van der Waals surface area contributed by atoms with E-state index in [9.17, 15) is 9.59 Å². The lowest BCUT2D eigenvalue weighted by atomic mass is 10.2. The fraction of sp³-hybridized carbons (Fsp3) is 0.312. The number of benzene rings is 1. The highest BCUT2D eigenvalue weighted by atomic mass is 32.1. The highest BCUT2D eigenvalue weighted by molar-refractivity contribution is 7.07. The van der Waals surface area contributed by atoms with Crippen molar-refractivity contribution in [3.05, 3.63) is 40.3 Å². The molecule has 0 aliphatic carbocycles. The summed E-state index contributed by atoms with van der Waals surface area (Å²) >= 11 is 1.38. The van der Waals surface area contributed by atoms with Gasteiger partial charge in [0.2, 0.25) is 0 Å². The Kier molecular flexibility index (Phi) is 4.29. The van der Waals surface area contributed by atoms with Gasteiger partial charge in [-0.05, 0) is 30.7 Å². The van der Waals surface area contributed by atoms with Crippen LogP contribution in [-0.2, 0) is 4.79 Å². The van der Waals surface area contributed by atoms with Gasteiger partial charge in [0.15, 0.2) is 6.10 Å². The van der Waals surface area contributed by atoms with E-state index in [4.69, 9.17) is 4.74 Å². The lowest BCUT2D eigenvalue weighted by molar-refractivity contribution is -0.132. The molecule has 1 aromatic carbocycles. The zero-order valence-electron chi connectivity index (χ0n) is 12.9. The van der Waals surface area contributed by atoms with Crippen LogP contribution in [-0.4, -0.2) is 41.4 Å². The third-order valence-electron chi connectivity index (χ3n) is 3.77. The van der Waals surface area contributed by atoms with E-state index in [1.165, 1.54) is 11.3 Å². The summed E-state index contributed by atoms with van der Waals surface area (Å²) in [6.45, 7) is 2.59. The summed E-state index contributed by atoms with van der Waals surface area (Å²) in [5, 5.41) is 4.52. The predicted molar refractivity (Wildman–Crippen MR) is 87.9 cm³/mol. The summed E-state index contributed by atoms with van der Waals surface area (Å²) in [6.07, 6.45) is 0.270. The summed E-state index contributed by atoms with van der Waals surface area (Å²) in [4.78, 5) is 29.5. The first-order valence-corrected chi connectivity index (χ1v) is 8.20. The van der Waals surface area contributed by atoms with E-state index < -0.39 is 6.10 Å². The van der Waals surface area contributed by atoms with Crippen molar-refractivity contribution in [2.45, 2.75) is 19.4 Å². The van der Waals surface area contributed by atoms with Gasteiger partial charge >= 0.3 is 0 Å². The second-order valence-corrected chi connectivity index (χ2v) is 6.18. The molecule has 2 aromatic rings. The van der Waals surface area contributed by atoms with Crippen molar-refractivity contribution in [1.29, 1.82) is 0 Å². The number of hydrogen-bond donors (Lipinski definition) is 1. The zero-order chi connectivity index (χ0) is 16.4. The molecule has 3 rings (SSSR count). The topological polar surface area (TPSA) is 71.5 Å². The fourth-order valence-electron chi connectivity index (χ4n) is 2.42. The average molecular weight is 331 g/mol. The number of carbonyl (C=O) groups is 2. The summed E-state index contributed by atoms with van der Waals surface area (Å²) in [5.41, 5.74) is 3.58. The van der Waals surface area contributed by atoms with E-state index in [1.807, 2.05) is 13.0 Å². The molecule has 1 aliphatic rings. The molecule has 7 heteroatoms. The minimum atomic E-state index is -0.421. The maximum absolute atomic E-state index is 12.0. The van der Waals surface area contributed by atoms with Gasteiger partial charge in [-0.25, -0.2) is 4.98 Å². The van der Waals surface area contributed by atoms with Crippen LogP contribution in [0.2, 0.25) is 0 Å². The third-order valence-corrected chi connectivity index (χ3v) is 4.35. The van der Waals surface area contributed by atoms with Crippen LogP contribution in [0, 0.1) is 6.92 Å². The number of rotatable bonds is 4. The molecule has 1 aromatic heterocycles. The summed E-state index contributed by atoms with van der Waals surface area (Å²) in [6, 6.07) is 5.36. The van der Waals surface area contributed by atoms with Crippen LogP contribution < -0.4 is 10.1 Å². The van der Waals surface area contributed by atoms with E-state index in [0.29, 0.717) is 30.1 Å². The largest absolute Gasteiger partial charge is 0.481 e. The zero-order valence-corrected chi connectivity index (χ0v) is 13.7. The number of ether oxygens (including phenoxy) is 1. The van der Waals surface area contributed by atoms with Crippen LogP contribution in [0.25, 0.3) is 0 Å². The number of carbonyl (C=O) groups excluding carboxylic acids is 2. The smallest absolute Gasteiger partial charge is 0.275 e. The Labute approximate surface area is 138 Å². The molecule has 120 valence electrons. The van der Waals surface area contributed by atoms with Crippen molar-refractivity contribution in [2.75, 3.05) is 18.9 Å². The van der Waals surface area contributed by atoms with Crippen molar-refractivity contribution in [2.24, 2.45) is 0 Å². The number of aromatic nitrogens is 1. The molecule has 1 N–H and O–H groups in total. The number of nitrogens with zero attached hydrogens (tertiary/aromatic N) is 2. The fourth-order valence-corrected chi connectivity index (χ4v) is 2.96. The number of aryl methyl sites for hydroxylation is 1. The van der Waals surface area contributed by atoms with Crippen molar-refractivity contribution >= 4 is 28.8 Å². The number of amides is 2. The lowest BCUT2D eigenvalue weighted by Crippen LogP contribution is -2.29. The van der Waals surface area contributed by atoms with E-state index >= 15 is 0 Å². The van der Waals surface area contributed by atoms with Crippen molar-refractivity contribution < 1.29 is 14.3 Å². The molecule has 1 aliphatic heterocycles. The van der Waals surface area contributed by atoms with Crippen LogP contribution in [0.4, 0.5) is 5.69 Å². The van der Waals surface area contributed by atoms with Gasteiger partial charge in [0.25, 0.3) is 11.8 Å². The molecule has 0 spiro atoms. The molecule has 0 unspecified atom stereocenters. The first-order chi connectivity index (χ1) is 11.0. The number of likely N-dealkylation sites (N-methyl/N-ethyl adjacent to an activating group) is 1. The average Bonchev–Trinajstić information content (AvgIpc) is 3.16. The quantitative estimate of drug-likeness (QED) is 0.933. The van der Waals surface area contributed by atoms with E-state index in [2.05, 4.69) is 10.3 Å². The number of nitrogens with one attached hydrogen (secondary N) is 1. The number of likely N-dealkylation sites (tertiary alicyclic amines) is 1. The minimum Gasteiger partial charge on any atom is -0.481 e. The second-order valence-electron chi connectivity index (χ2n) is 5.46. The molecular weight excluding hydrogens is 314 g/mol. The van der Waals surface area contributed by atoms with Gasteiger partial charge in [0.05, 0.1) is 5.51 Å². The molecule has 1 fully saturated rings. The summed E-state index contributed by atoms with van der Waals surface area (Å²) in [7, 11) is 1.77. The maximum atomic E-state index is 12.0. The van der Waals surface area contributed by atoms with Gasteiger partial charge in [-0.1, -0.05) is 0 Å². The molecule has 0 saturated carbocycles. The molecule has 23 heavy (non-hydrogen) atoms. The van der Waals surface area contributed by atoms with Crippen LogP contribution in [0.3, 0.4) is 0 Å². The second kappa shape index (κ2) is 6.37. The lowest BCUT2D eigenvalue weighted by Gasteiger charge is -2.15.